The second kappa shape index (κ2) is 6.51. The molecule has 0 aliphatic heterocycles. The van der Waals surface area contributed by atoms with Crippen molar-refractivity contribution in [1.29, 1.82) is 0 Å². The van der Waals surface area contributed by atoms with E-state index in [4.69, 9.17) is 5.73 Å². The quantitative estimate of drug-likeness (QED) is 0.881. The van der Waals surface area contributed by atoms with Crippen molar-refractivity contribution in [1.82, 2.24) is 4.90 Å². The van der Waals surface area contributed by atoms with Gasteiger partial charge in [0.2, 0.25) is 0 Å². The molecule has 2 nitrogen and oxygen atoms in total. The van der Waals surface area contributed by atoms with Gasteiger partial charge >= 0.3 is 0 Å². The normalized spacial score (nSPS) is 18.7. The average molecular weight is 331 g/mol. The van der Waals surface area contributed by atoms with Gasteiger partial charge in [-0.15, -0.1) is 11.3 Å². The number of thiophene rings is 1. The highest BCUT2D eigenvalue weighted by atomic mass is 79.9. The molecule has 1 saturated carbocycles. The molecule has 1 aromatic heterocycles. The lowest BCUT2D eigenvalue weighted by Crippen LogP contribution is -2.39. The maximum atomic E-state index is 6.06. The molecule has 0 radical (unpaired) electrons. The van der Waals surface area contributed by atoms with E-state index in [1.807, 2.05) is 11.3 Å². The van der Waals surface area contributed by atoms with Gasteiger partial charge < -0.3 is 5.73 Å². The summed E-state index contributed by atoms with van der Waals surface area (Å²) in [4.78, 5) is 5.38. The van der Waals surface area contributed by atoms with Crippen LogP contribution in [0.2, 0.25) is 0 Å². The van der Waals surface area contributed by atoms with E-state index < -0.39 is 0 Å². The molecule has 1 atom stereocenters. The minimum absolute atomic E-state index is 0.396. The number of hydrogen-bond acceptors (Lipinski definition) is 3. The lowest BCUT2D eigenvalue weighted by molar-refractivity contribution is 0.149. The Morgan fingerprint density at radius 3 is 2.61 bits per heavy atom. The summed E-state index contributed by atoms with van der Waals surface area (Å²) in [6.07, 6.45) is 5.45. The fourth-order valence-corrected chi connectivity index (χ4v) is 4.73. The van der Waals surface area contributed by atoms with Crippen LogP contribution in [-0.2, 0) is 0 Å². The number of rotatable bonds is 5. The monoisotopic (exact) mass is 330 g/mol. The van der Waals surface area contributed by atoms with E-state index >= 15 is 0 Å². The van der Waals surface area contributed by atoms with E-state index in [1.165, 1.54) is 39.9 Å². The van der Waals surface area contributed by atoms with Gasteiger partial charge in [0.25, 0.3) is 0 Å². The number of halogens is 1. The van der Waals surface area contributed by atoms with Crippen LogP contribution in [0, 0.1) is 6.92 Å². The zero-order valence-electron chi connectivity index (χ0n) is 11.3. The molecule has 1 unspecified atom stereocenters. The molecule has 0 aromatic carbocycles. The zero-order valence-corrected chi connectivity index (χ0v) is 13.7. The van der Waals surface area contributed by atoms with Crippen molar-refractivity contribution in [2.45, 2.75) is 51.6 Å². The summed E-state index contributed by atoms with van der Waals surface area (Å²) in [5.74, 6) is 0. The molecule has 4 heteroatoms. The van der Waals surface area contributed by atoms with Crippen molar-refractivity contribution in [2.24, 2.45) is 5.73 Å². The van der Waals surface area contributed by atoms with E-state index in [1.54, 1.807) is 0 Å². The Hall–Kier alpha value is 0.1000. The van der Waals surface area contributed by atoms with Gasteiger partial charge in [0.15, 0.2) is 0 Å². The van der Waals surface area contributed by atoms with Crippen molar-refractivity contribution < 1.29 is 0 Å². The lowest BCUT2D eigenvalue weighted by atomic mass is 10.1. The van der Waals surface area contributed by atoms with Crippen molar-refractivity contribution in [2.75, 3.05) is 13.1 Å². The molecular weight excluding hydrogens is 308 g/mol. The summed E-state index contributed by atoms with van der Waals surface area (Å²) in [5, 5.41) is 0. The predicted octanol–water partition coefficient (Wildman–Crippen LogP) is 4.08. The van der Waals surface area contributed by atoms with Gasteiger partial charge in [0, 0.05) is 26.8 Å². The summed E-state index contributed by atoms with van der Waals surface area (Å²) >= 11 is 5.50. The summed E-state index contributed by atoms with van der Waals surface area (Å²) < 4.78 is 1.23. The molecule has 2 N–H and O–H groups in total. The highest BCUT2D eigenvalue weighted by molar-refractivity contribution is 9.10. The smallest absolute Gasteiger partial charge is 0.0567 e. The van der Waals surface area contributed by atoms with Crippen molar-refractivity contribution in [3.63, 3.8) is 0 Å². The van der Waals surface area contributed by atoms with Gasteiger partial charge in [0.1, 0.15) is 0 Å². The molecule has 0 saturated heterocycles. The Bertz CT molecular complexity index is 366. The number of hydrogen-bond donors (Lipinski definition) is 1. The summed E-state index contributed by atoms with van der Waals surface area (Å²) in [7, 11) is 0. The van der Waals surface area contributed by atoms with Crippen LogP contribution in [0.5, 0.6) is 0 Å². The van der Waals surface area contributed by atoms with Crippen molar-refractivity contribution in [3.05, 3.63) is 20.3 Å². The van der Waals surface area contributed by atoms with Crippen molar-refractivity contribution >= 4 is 27.3 Å². The first-order valence-electron chi connectivity index (χ1n) is 6.89. The number of likely N-dealkylation sites (N-methyl/N-ethyl adjacent to an activating group) is 1. The van der Waals surface area contributed by atoms with E-state index in [9.17, 15) is 0 Å². The van der Waals surface area contributed by atoms with Crippen LogP contribution in [0.3, 0.4) is 0 Å². The zero-order chi connectivity index (χ0) is 13.1. The van der Waals surface area contributed by atoms with Crippen LogP contribution < -0.4 is 5.73 Å². The third-order valence-corrected chi connectivity index (χ3v) is 6.22. The van der Waals surface area contributed by atoms with Crippen LogP contribution in [0.15, 0.2) is 10.5 Å². The molecule has 1 aliphatic carbocycles. The Kier molecular flexibility index (Phi) is 5.24. The van der Waals surface area contributed by atoms with E-state index in [2.05, 4.69) is 40.7 Å². The summed E-state index contributed by atoms with van der Waals surface area (Å²) in [6.45, 7) is 6.24. The van der Waals surface area contributed by atoms with Gasteiger partial charge in [-0.2, -0.15) is 0 Å². The third kappa shape index (κ3) is 2.98. The second-order valence-electron chi connectivity index (χ2n) is 5.07. The minimum atomic E-state index is 0.396. The number of nitrogens with two attached hydrogens (primary N) is 1. The standard InChI is InChI=1S/C14H23BrN2S/c1-3-17(11-6-4-5-7-11)13(9-16)14-8-12(15)10(2)18-14/h8,11,13H,3-7,9,16H2,1-2H3. The van der Waals surface area contributed by atoms with Crippen LogP contribution in [0.25, 0.3) is 0 Å². The number of aryl methyl sites for hydroxylation is 1. The van der Waals surface area contributed by atoms with E-state index in [-0.39, 0.29) is 0 Å². The molecule has 1 aromatic rings. The first kappa shape index (κ1) is 14.5. The van der Waals surface area contributed by atoms with Crippen LogP contribution >= 0.6 is 27.3 Å². The molecule has 1 fully saturated rings. The lowest BCUT2D eigenvalue weighted by Gasteiger charge is -2.34. The molecule has 18 heavy (non-hydrogen) atoms. The molecular formula is C14H23BrN2S. The van der Waals surface area contributed by atoms with E-state index in [0.717, 1.165) is 19.1 Å². The highest BCUT2D eigenvalue weighted by Gasteiger charge is 2.28. The molecule has 102 valence electrons. The van der Waals surface area contributed by atoms with E-state index in [0.29, 0.717) is 6.04 Å². The minimum Gasteiger partial charge on any atom is -0.329 e. The molecule has 1 aliphatic rings. The Morgan fingerprint density at radius 2 is 2.17 bits per heavy atom. The van der Waals surface area contributed by atoms with Crippen LogP contribution in [-0.4, -0.2) is 24.0 Å². The average Bonchev–Trinajstić information content (AvgIpc) is 2.97. The Labute approximate surface area is 123 Å². The fraction of sp³-hybridized carbons (Fsp3) is 0.714. The maximum absolute atomic E-state index is 6.06. The Balaban J connectivity index is 2.19. The van der Waals surface area contributed by atoms with Crippen LogP contribution in [0.4, 0.5) is 0 Å². The largest absolute Gasteiger partial charge is 0.329 e. The summed E-state index contributed by atoms with van der Waals surface area (Å²) in [5.41, 5.74) is 6.06. The van der Waals surface area contributed by atoms with Gasteiger partial charge in [-0.3, -0.25) is 4.90 Å². The molecule has 0 amide bonds. The molecule has 0 bridgehead atoms. The first-order chi connectivity index (χ1) is 8.67. The molecule has 2 rings (SSSR count). The first-order valence-corrected chi connectivity index (χ1v) is 8.50. The van der Waals surface area contributed by atoms with Gasteiger partial charge in [-0.25, -0.2) is 0 Å². The second-order valence-corrected chi connectivity index (χ2v) is 7.22. The summed E-state index contributed by atoms with van der Waals surface area (Å²) in [6, 6.07) is 3.40. The van der Waals surface area contributed by atoms with Crippen LogP contribution in [0.1, 0.15) is 48.4 Å². The number of nitrogens with zero attached hydrogens (tertiary/aromatic N) is 1. The maximum Gasteiger partial charge on any atom is 0.0567 e. The van der Waals surface area contributed by atoms with Gasteiger partial charge in [-0.05, 0) is 48.3 Å². The molecule has 0 spiro atoms. The molecule has 1 heterocycles. The van der Waals surface area contributed by atoms with Crippen molar-refractivity contribution in [3.8, 4) is 0 Å². The Morgan fingerprint density at radius 1 is 1.50 bits per heavy atom. The highest BCUT2D eigenvalue weighted by Crippen LogP contribution is 2.36. The topological polar surface area (TPSA) is 29.3 Å². The SMILES string of the molecule is CCN(C1CCCC1)C(CN)c1cc(Br)c(C)s1. The van der Waals surface area contributed by atoms with Gasteiger partial charge in [0.05, 0.1) is 6.04 Å². The van der Waals surface area contributed by atoms with Gasteiger partial charge in [-0.1, -0.05) is 19.8 Å². The predicted molar refractivity (Wildman–Crippen MR) is 83.2 cm³/mol. The third-order valence-electron chi connectivity index (χ3n) is 3.99. The fourth-order valence-electron chi connectivity index (χ4n) is 3.03.